The van der Waals surface area contributed by atoms with E-state index in [1.807, 2.05) is 35.8 Å². The number of carbonyl (C=O) groups is 2. The molecule has 4 rings (SSSR count). The van der Waals surface area contributed by atoms with Crippen LogP contribution in [0.5, 0.6) is 11.5 Å². The largest absolute Gasteiger partial charge is 0.504 e. The van der Waals surface area contributed by atoms with E-state index in [9.17, 15) is 14.7 Å². The molecule has 1 amide bonds. The van der Waals surface area contributed by atoms with Gasteiger partial charge in [0.15, 0.2) is 17.4 Å². The first kappa shape index (κ1) is 23.6. The number of ether oxygens (including phenoxy) is 3. The van der Waals surface area contributed by atoms with Crippen LogP contribution in [0.1, 0.15) is 31.9 Å². The topological polar surface area (TPSA) is 103 Å². The maximum Gasteiger partial charge on any atom is 0.321 e. The molecule has 2 atom stereocenters. The number of hydrogen-bond donors (Lipinski definition) is 1. The number of aromatic hydroxyl groups is 1. The number of phenols is 1. The molecule has 2 heterocycles. The molecule has 3 aromatic rings. The molecule has 180 valence electrons. The first-order chi connectivity index (χ1) is 16.5. The van der Waals surface area contributed by atoms with E-state index in [1.165, 1.54) is 6.07 Å². The van der Waals surface area contributed by atoms with Gasteiger partial charge in [-0.3, -0.25) is 14.5 Å². The Balaban J connectivity index is 1.94. The second-order valence-electron chi connectivity index (χ2n) is 7.94. The Labute approximate surface area is 197 Å². The van der Waals surface area contributed by atoms with Crippen molar-refractivity contribution in [3.8, 4) is 11.5 Å². The number of imidazole rings is 1. The Morgan fingerprint density at radius 1 is 1.15 bits per heavy atom. The number of benzene rings is 2. The third kappa shape index (κ3) is 4.19. The van der Waals surface area contributed by atoms with Gasteiger partial charge in [-0.2, -0.15) is 0 Å². The molecule has 0 saturated heterocycles. The molecular weight excluding hydrogens is 438 g/mol. The molecule has 1 N–H and O–H groups in total. The van der Waals surface area contributed by atoms with E-state index in [0.717, 1.165) is 5.52 Å². The summed E-state index contributed by atoms with van der Waals surface area (Å²) in [5, 5.41) is 10.2. The van der Waals surface area contributed by atoms with Gasteiger partial charge < -0.3 is 23.9 Å². The molecule has 9 heteroatoms. The zero-order chi connectivity index (χ0) is 24.2. The third-order valence-electron chi connectivity index (χ3n) is 5.84. The molecule has 1 aliphatic rings. The summed E-state index contributed by atoms with van der Waals surface area (Å²) in [6.45, 7) is 4.84. The maximum absolute atomic E-state index is 13.8. The lowest BCUT2D eigenvalue weighted by Crippen LogP contribution is -2.50. The van der Waals surface area contributed by atoms with Crippen molar-refractivity contribution in [3.63, 3.8) is 0 Å². The SMILES string of the molecule is CCOC(=O)[C@H]1C(=O)N(CCCOC)c2nc3ccccc3n2[C@H]1c1ccc(O)c(OCC)c1. The Morgan fingerprint density at radius 2 is 1.94 bits per heavy atom. The van der Waals surface area contributed by atoms with E-state index < -0.39 is 17.9 Å². The molecule has 0 saturated carbocycles. The van der Waals surface area contributed by atoms with Gasteiger partial charge in [-0.25, -0.2) is 4.98 Å². The number of nitrogens with zero attached hydrogens (tertiary/aromatic N) is 3. The van der Waals surface area contributed by atoms with Crippen molar-refractivity contribution in [1.82, 2.24) is 9.55 Å². The number of methoxy groups -OCH3 is 1. The highest BCUT2D eigenvalue weighted by Crippen LogP contribution is 2.43. The third-order valence-corrected chi connectivity index (χ3v) is 5.84. The summed E-state index contributed by atoms with van der Waals surface area (Å²) in [6.07, 6.45) is 0.583. The van der Waals surface area contributed by atoms with Gasteiger partial charge in [0.25, 0.3) is 0 Å². The van der Waals surface area contributed by atoms with Crippen molar-refractivity contribution >= 4 is 28.9 Å². The summed E-state index contributed by atoms with van der Waals surface area (Å²) in [5.41, 5.74) is 2.13. The van der Waals surface area contributed by atoms with Crippen molar-refractivity contribution in [1.29, 1.82) is 0 Å². The van der Waals surface area contributed by atoms with E-state index in [2.05, 4.69) is 0 Å². The Morgan fingerprint density at radius 3 is 2.68 bits per heavy atom. The fraction of sp³-hybridized carbons (Fsp3) is 0.400. The van der Waals surface area contributed by atoms with Gasteiger partial charge in [-0.15, -0.1) is 0 Å². The maximum atomic E-state index is 13.8. The number of anilines is 1. The minimum atomic E-state index is -1.13. The summed E-state index contributed by atoms with van der Waals surface area (Å²) < 4.78 is 18.0. The second-order valence-corrected chi connectivity index (χ2v) is 7.94. The van der Waals surface area contributed by atoms with E-state index in [0.29, 0.717) is 43.2 Å². The number of hydrogen-bond acceptors (Lipinski definition) is 7. The number of carbonyl (C=O) groups excluding carboxylic acids is 2. The molecule has 0 aliphatic carbocycles. The van der Waals surface area contributed by atoms with Gasteiger partial charge in [0.05, 0.1) is 30.3 Å². The Kier molecular flexibility index (Phi) is 7.02. The zero-order valence-electron chi connectivity index (χ0n) is 19.6. The fourth-order valence-corrected chi connectivity index (χ4v) is 4.41. The summed E-state index contributed by atoms with van der Waals surface area (Å²) in [7, 11) is 1.60. The molecule has 1 aromatic heterocycles. The van der Waals surface area contributed by atoms with Crippen LogP contribution in [-0.4, -0.2) is 60.0 Å². The Bertz CT molecular complexity index is 1190. The van der Waals surface area contributed by atoms with Crippen LogP contribution in [0.15, 0.2) is 42.5 Å². The van der Waals surface area contributed by atoms with Crippen molar-refractivity contribution in [2.75, 3.05) is 38.4 Å². The first-order valence-electron chi connectivity index (χ1n) is 11.4. The van der Waals surface area contributed by atoms with Crippen LogP contribution in [0.2, 0.25) is 0 Å². The highest BCUT2D eigenvalue weighted by Gasteiger charge is 2.47. The van der Waals surface area contributed by atoms with Gasteiger partial charge in [-0.05, 0) is 50.1 Å². The normalized spacial score (nSPS) is 17.6. The number of amides is 1. The van der Waals surface area contributed by atoms with Crippen LogP contribution in [0, 0.1) is 5.92 Å². The summed E-state index contributed by atoms with van der Waals surface area (Å²) in [4.78, 5) is 33.3. The quantitative estimate of drug-likeness (QED) is 0.293. The lowest BCUT2D eigenvalue weighted by Gasteiger charge is -2.38. The van der Waals surface area contributed by atoms with Crippen LogP contribution in [0.4, 0.5) is 5.95 Å². The minimum absolute atomic E-state index is 0.0164. The van der Waals surface area contributed by atoms with Crippen LogP contribution < -0.4 is 9.64 Å². The number of esters is 1. The predicted molar refractivity (Wildman–Crippen MR) is 126 cm³/mol. The molecule has 0 fully saturated rings. The Hall–Kier alpha value is -3.59. The molecule has 0 radical (unpaired) electrons. The van der Waals surface area contributed by atoms with Gasteiger partial charge in [-0.1, -0.05) is 18.2 Å². The van der Waals surface area contributed by atoms with Crippen molar-refractivity contribution in [3.05, 3.63) is 48.0 Å². The lowest BCUT2D eigenvalue weighted by atomic mass is 9.89. The molecule has 0 spiro atoms. The smallest absolute Gasteiger partial charge is 0.321 e. The van der Waals surface area contributed by atoms with Crippen LogP contribution in [0.25, 0.3) is 11.0 Å². The summed E-state index contributed by atoms with van der Waals surface area (Å²) in [6, 6.07) is 11.7. The van der Waals surface area contributed by atoms with Crippen molar-refractivity contribution < 1.29 is 28.9 Å². The fourth-order valence-electron chi connectivity index (χ4n) is 4.41. The molecule has 0 unspecified atom stereocenters. The van der Waals surface area contributed by atoms with Crippen LogP contribution in [0.3, 0.4) is 0 Å². The van der Waals surface area contributed by atoms with Crippen LogP contribution in [-0.2, 0) is 19.1 Å². The minimum Gasteiger partial charge on any atom is -0.504 e. The number of para-hydroxylation sites is 2. The van der Waals surface area contributed by atoms with E-state index in [4.69, 9.17) is 19.2 Å². The molecule has 0 bridgehead atoms. The average molecular weight is 468 g/mol. The average Bonchev–Trinajstić information content (AvgIpc) is 3.21. The lowest BCUT2D eigenvalue weighted by molar-refractivity contribution is -0.153. The monoisotopic (exact) mass is 467 g/mol. The first-order valence-corrected chi connectivity index (χ1v) is 11.4. The number of rotatable bonds is 9. The highest BCUT2D eigenvalue weighted by molar-refractivity contribution is 6.08. The zero-order valence-corrected chi connectivity index (χ0v) is 19.6. The van der Waals surface area contributed by atoms with E-state index in [-0.39, 0.29) is 24.0 Å². The number of phenolic OH excluding ortho intramolecular Hbond substituents is 1. The molecular formula is C25H29N3O6. The highest BCUT2D eigenvalue weighted by atomic mass is 16.5. The summed E-state index contributed by atoms with van der Waals surface area (Å²) in [5.74, 6) is -1.40. The molecule has 34 heavy (non-hydrogen) atoms. The number of fused-ring (bicyclic) bond motifs is 3. The van der Waals surface area contributed by atoms with E-state index in [1.54, 1.807) is 31.1 Å². The second kappa shape index (κ2) is 10.1. The van der Waals surface area contributed by atoms with Crippen molar-refractivity contribution in [2.24, 2.45) is 5.92 Å². The van der Waals surface area contributed by atoms with Gasteiger partial charge >= 0.3 is 5.97 Å². The molecule has 1 aliphatic heterocycles. The van der Waals surface area contributed by atoms with E-state index >= 15 is 0 Å². The molecule has 9 nitrogen and oxygen atoms in total. The molecule has 2 aromatic carbocycles. The van der Waals surface area contributed by atoms with Gasteiger partial charge in [0.1, 0.15) is 0 Å². The standard InChI is InChI=1S/C25H29N3O6/c1-4-33-20-15-16(11-12-19(20)29)22-21(24(31)34-5-2)23(30)27(13-8-14-32-3)25-26-17-9-6-7-10-18(17)28(22)25/h6-7,9-12,15,21-22,29H,4-5,8,13-14H2,1-3H3/t21-,22+/m1/s1. The van der Waals surface area contributed by atoms with Gasteiger partial charge in [0.2, 0.25) is 11.9 Å². The van der Waals surface area contributed by atoms with Crippen LogP contribution >= 0.6 is 0 Å². The predicted octanol–water partition coefficient (Wildman–Crippen LogP) is 3.29. The van der Waals surface area contributed by atoms with Crippen molar-refractivity contribution in [2.45, 2.75) is 26.3 Å². The number of aromatic nitrogens is 2. The summed E-state index contributed by atoms with van der Waals surface area (Å²) >= 11 is 0. The van der Waals surface area contributed by atoms with Gasteiger partial charge in [0, 0.05) is 20.3 Å².